The van der Waals surface area contributed by atoms with Crippen molar-refractivity contribution >= 4 is 38.9 Å². The van der Waals surface area contributed by atoms with Crippen molar-refractivity contribution in [2.24, 2.45) is 0 Å². The van der Waals surface area contributed by atoms with Crippen LogP contribution in [0.25, 0.3) is 0 Å². The summed E-state index contributed by atoms with van der Waals surface area (Å²) in [6.45, 7) is 0.434. The summed E-state index contributed by atoms with van der Waals surface area (Å²) >= 11 is 5.93. The molecule has 0 N–H and O–H groups in total. The van der Waals surface area contributed by atoms with Gasteiger partial charge in [-0.3, -0.25) is 9.10 Å². The van der Waals surface area contributed by atoms with E-state index in [1.165, 1.54) is 28.6 Å². The van der Waals surface area contributed by atoms with Crippen LogP contribution in [0, 0.1) is 0 Å². The molecule has 0 spiro atoms. The van der Waals surface area contributed by atoms with Crippen LogP contribution in [0.4, 0.5) is 11.4 Å². The number of sulfonamides is 1. The first-order valence-electron chi connectivity index (χ1n) is 9.88. The normalized spacial score (nSPS) is 17.6. The van der Waals surface area contributed by atoms with Crippen molar-refractivity contribution in [1.29, 1.82) is 0 Å². The van der Waals surface area contributed by atoms with Crippen LogP contribution in [-0.4, -0.2) is 33.5 Å². The first kappa shape index (κ1) is 19.9. The van der Waals surface area contributed by atoms with Gasteiger partial charge in [0.25, 0.3) is 15.9 Å². The third-order valence-electron chi connectivity index (χ3n) is 5.57. The van der Waals surface area contributed by atoms with Crippen LogP contribution in [0.5, 0.6) is 5.75 Å². The summed E-state index contributed by atoms with van der Waals surface area (Å²) in [4.78, 5) is 15.2. The molecule has 3 aromatic rings. The molecule has 1 amide bonds. The lowest BCUT2D eigenvalue weighted by molar-refractivity contribution is -0.125. The van der Waals surface area contributed by atoms with Crippen LogP contribution in [0.2, 0.25) is 5.02 Å². The number of amides is 1. The Morgan fingerprint density at radius 3 is 2.39 bits per heavy atom. The van der Waals surface area contributed by atoms with E-state index in [0.717, 1.165) is 17.7 Å². The second-order valence-electron chi connectivity index (χ2n) is 7.43. The zero-order valence-electron chi connectivity index (χ0n) is 16.4. The Kier molecular flexibility index (Phi) is 4.87. The number of carbonyl (C=O) groups excluding carboxylic acids is 1. The molecule has 0 aromatic heterocycles. The molecule has 0 unspecified atom stereocenters. The quantitative estimate of drug-likeness (QED) is 0.602. The van der Waals surface area contributed by atoms with Crippen molar-refractivity contribution in [3.05, 3.63) is 83.4 Å². The zero-order chi connectivity index (χ0) is 21.6. The molecule has 0 aliphatic carbocycles. The largest absolute Gasteiger partial charge is 0.476 e. The third kappa shape index (κ3) is 3.43. The molecule has 2 aliphatic heterocycles. The van der Waals surface area contributed by atoms with Gasteiger partial charge in [0, 0.05) is 17.3 Å². The van der Waals surface area contributed by atoms with Crippen LogP contribution in [0.1, 0.15) is 5.56 Å². The van der Waals surface area contributed by atoms with Crippen LogP contribution in [0.15, 0.2) is 77.7 Å². The number of nitrogens with zero attached hydrogens (tertiary/aromatic N) is 2. The highest BCUT2D eigenvalue weighted by Gasteiger charge is 2.40. The summed E-state index contributed by atoms with van der Waals surface area (Å²) in [5.74, 6) is 0.105. The molecule has 8 heteroatoms. The van der Waals surface area contributed by atoms with E-state index in [9.17, 15) is 13.2 Å². The van der Waals surface area contributed by atoms with Gasteiger partial charge < -0.3 is 9.64 Å². The van der Waals surface area contributed by atoms with Gasteiger partial charge in [0.15, 0.2) is 6.10 Å². The van der Waals surface area contributed by atoms with E-state index in [2.05, 4.69) is 0 Å². The monoisotopic (exact) mass is 454 g/mol. The molecule has 31 heavy (non-hydrogen) atoms. The van der Waals surface area contributed by atoms with Gasteiger partial charge in [0.2, 0.25) is 0 Å². The second kappa shape index (κ2) is 7.59. The van der Waals surface area contributed by atoms with Gasteiger partial charge in [-0.05, 0) is 54.4 Å². The fraction of sp³-hybridized carbons (Fsp3) is 0.174. The van der Waals surface area contributed by atoms with E-state index in [0.29, 0.717) is 23.0 Å². The summed E-state index contributed by atoms with van der Waals surface area (Å²) in [6.07, 6.45) is -0.194. The smallest absolute Gasteiger partial charge is 0.269 e. The second-order valence-corrected chi connectivity index (χ2v) is 9.73. The minimum absolute atomic E-state index is 0.103. The Hall–Kier alpha value is -3.03. The van der Waals surface area contributed by atoms with Gasteiger partial charge in [-0.1, -0.05) is 41.9 Å². The third-order valence-corrected chi connectivity index (χ3v) is 7.61. The molecule has 0 saturated carbocycles. The van der Waals surface area contributed by atoms with Gasteiger partial charge in [-0.25, -0.2) is 8.42 Å². The number of anilines is 2. The Morgan fingerprint density at radius 1 is 0.935 bits per heavy atom. The van der Waals surface area contributed by atoms with Crippen molar-refractivity contribution in [2.45, 2.75) is 17.4 Å². The number of hydrogen-bond acceptors (Lipinski definition) is 4. The number of fused-ring (bicyclic) bond motifs is 2. The van der Waals surface area contributed by atoms with Crippen molar-refractivity contribution < 1.29 is 17.9 Å². The van der Waals surface area contributed by atoms with Gasteiger partial charge in [0.1, 0.15) is 5.75 Å². The van der Waals surface area contributed by atoms with Crippen molar-refractivity contribution in [3.8, 4) is 5.75 Å². The number of carbonyl (C=O) groups is 1. The summed E-state index contributed by atoms with van der Waals surface area (Å²) in [5, 5.41) is 0.446. The number of rotatable bonds is 3. The minimum Gasteiger partial charge on any atom is -0.476 e. The molecule has 158 valence electrons. The Morgan fingerprint density at radius 2 is 1.61 bits per heavy atom. The molecule has 0 bridgehead atoms. The molecule has 0 radical (unpaired) electrons. The topological polar surface area (TPSA) is 66.9 Å². The number of para-hydroxylation sites is 3. The molecule has 0 saturated heterocycles. The SMILES string of the molecule is O=C([C@@H]1CN(S(=O)(=O)c2ccc(Cl)cc2)c2ccccc2O1)N1CCc2ccccc21. The molecule has 0 fully saturated rings. The van der Waals surface area contributed by atoms with Crippen LogP contribution < -0.4 is 13.9 Å². The molecular formula is C23H19ClN2O4S. The fourth-order valence-electron chi connectivity index (χ4n) is 4.03. The van der Waals surface area contributed by atoms with Crippen LogP contribution in [-0.2, 0) is 21.2 Å². The summed E-state index contributed by atoms with van der Waals surface area (Å²) < 4.78 is 34.1. The average molecular weight is 455 g/mol. The highest BCUT2D eigenvalue weighted by atomic mass is 35.5. The first-order chi connectivity index (χ1) is 14.9. The number of halogens is 1. The van der Waals surface area contributed by atoms with E-state index >= 15 is 0 Å². The van der Waals surface area contributed by atoms with Gasteiger partial charge in [0.05, 0.1) is 17.1 Å². The van der Waals surface area contributed by atoms with Crippen LogP contribution >= 0.6 is 11.6 Å². The lowest BCUT2D eigenvalue weighted by Gasteiger charge is -2.36. The standard InChI is InChI=1S/C23H19ClN2O4S/c24-17-9-11-18(12-10-17)31(28,29)26-15-22(30-21-8-4-3-7-20(21)26)23(27)25-14-13-16-5-1-2-6-19(16)25/h1-12,22H,13-15H2/t22-/m0/s1. The molecule has 1 atom stereocenters. The predicted octanol–water partition coefficient (Wildman–Crippen LogP) is 3.89. The van der Waals surface area contributed by atoms with E-state index < -0.39 is 16.1 Å². The maximum Gasteiger partial charge on any atom is 0.269 e. The van der Waals surface area contributed by atoms with E-state index in [4.69, 9.17) is 16.3 Å². The predicted molar refractivity (Wildman–Crippen MR) is 119 cm³/mol. The zero-order valence-corrected chi connectivity index (χ0v) is 18.0. The Bertz CT molecular complexity index is 1260. The van der Waals surface area contributed by atoms with E-state index in [1.807, 2.05) is 24.3 Å². The number of hydrogen-bond donors (Lipinski definition) is 0. The maximum absolute atomic E-state index is 13.5. The van der Waals surface area contributed by atoms with Gasteiger partial charge >= 0.3 is 0 Å². The maximum atomic E-state index is 13.5. The molecular weight excluding hydrogens is 436 g/mol. The minimum atomic E-state index is -3.92. The first-order valence-corrected chi connectivity index (χ1v) is 11.7. The molecule has 3 aromatic carbocycles. The summed E-state index contributed by atoms with van der Waals surface area (Å²) in [5.41, 5.74) is 2.35. The number of benzene rings is 3. The Labute approximate surface area is 185 Å². The van der Waals surface area contributed by atoms with Crippen molar-refractivity contribution in [1.82, 2.24) is 0 Å². The lowest BCUT2D eigenvalue weighted by atomic mass is 10.1. The molecule has 5 rings (SSSR count). The molecule has 2 heterocycles. The lowest BCUT2D eigenvalue weighted by Crippen LogP contribution is -2.51. The summed E-state index contributed by atoms with van der Waals surface area (Å²) in [7, 11) is -3.92. The van der Waals surface area contributed by atoms with Crippen LogP contribution in [0.3, 0.4) is 0 Å². The van der Waals surface area contributed by atoms with E-state index in [-0.39, 0.29) is 17.3 Å². The molecule has 6 nitrogen and oxygen atoms in total. The Balaban J connectivity index is 1.51. The summed E-state index contributed by atoms with van der Waals surface area (Å²) in [6, 6.07) is 20.6. The fourth-order valence-corrected chi connectivity index (χ4v) is 5.64. The number of ether oxygens (including phenoxy) is 1. The highest BCUT2D eigenvalue weighted by Crippen LogP contribution is 2.38. The average Bonchev–Trinajstić information content (AvgIpc) is 3.22. The van der Waals surface area contributed by atoms with Crippen molar-refractivity contribution in [2.75, 3.05) is 22.3 Å². The highest BCUT2D eigenvalue weighted by molar-refractivity contribution is 7.92. The van der Waals surface area contributed by atoms with Gasteiger partial charge in [-0.2, -0.15) is 0 Å². The van der Waals surface area contributed by atoms with Gasteiger partial charge in [-0.15, -0.1) is 0 Å². The van der Waals surface area contributed by atoms with E-state index in [1.54, 1.807) is 29.2 Å². The molecule has 2 aliphatic rings. The van der Waals surface area contributed by atoms with Crippen molar-refractivity contribution in [3.63, 3.8) is 0 Å².